The van der Waals surface area contributed by atoms with Gasteiger partial charge in [-0.05, 0) is 44.0 Å². The molecule has 0 unspecified atom stereocenters. The van der Waals surface area contributed by atoms with Gasteiger partial charge in [0.05, 0.1) is 12.4 Å². The van der Waals surface area contributed by atoms with Gasteiger partial charge in [-0.2, -0.15) is 0 Å². The molecular weight excluding hydrogens is 310 g/mol. The van der Waals surface area contributed by atoms with Crippen LogP contribution in [0.15, 0.2) is 29.4 Å². The van der Waals surface area contributed by atoms with Gasteiger partial charge in [-0.3, -0.25) is 4.79 Å². The van der Waals surface area contributed by atoms with Crippen LogP contribution in [0.25, 0.3) is 11.4 Å². The molecule has 0 aliphatic heterocycles. The number of ether oxygens (including phenoxy) is 1. The second-order valence-corrected chi connectivity index (χ2v) is 6.77. The van der Waals surface area contributed by atoms with Gasteiger partial charge in [-0.15, -0.1) is 10.2 Å². The number of carbonyl (C=O) groups is 1. The molecule has 122 valence electrons. The summed E-state index contributed by atoms with van der Waals surface area (Å²) in [6, 6.07) is 7.80. The fourth-order valence-corrected chi connectivity index (χ4v) is 4.04. The minimum atomic E-state index is 0.0296. The minimum absolute atomic E-state index is 0.0296. The van der Waals surface area contributed by atoms with E-state index in [-0.39, 0.29) is 5.25 Å². The Kier molecular flexibility index (Phi) is 5.00. The third-order valence-corrected chi connectivity index (χ3v) is 5.42. The van der Waals surface area contributed by atoms with Gasteiger partial charge >= 0.3 is 0 Å². The molecule has 5 nitrogen and oxygen atoms in total. The number of hydrogen-bond acceptors (Lipinski definition) is 5. The highest BCUT2D eigenvalue weighted by Gasteiger charge is 2.26. The second kappa shape index (κ2) is 7.17. The molecule has 0 amide bonds. The van der Waals surface area contributed by atoms with E-state index in [1.54, 1.807) is 18.9 Å². The summed E-state index contributed by atoms with van der Waals surface area (Å²) in [5, 5.41) is 9.53. The lowest BCUT2D eigenvalue weighted by atomic mass is 9.99. The molecule has 0 N–H and O–H groups in total. The summed E-state index contributed by atoms with van der Waals surface area (Å²) < 4.78 is 7.27. The van der Waals surface area contributed by atoms with Crippen LogP contribution in [0.2, 0.25) is 0 Å². The van der Waals surface area contributed by atoms with Crippen LogP contribution in [0.5, 0.6) is 5.75 Å². The van der Waals surface area contributed by atoms with Crippen molar-refractivity contribution in [2.24, 2.45) is 0 Å². The van der Waals surface area contributed by atoms with E-state index >= 15 is 0 Å². The summed E-state index contributed by atoms with van der Waals surface area (Å²) in [5.74, 6) is 2.00. The predicted molar refractivity (Wildman–Crippen MR) is 90.8 cm³/mol. The number of methoxy groups -OCH3 is 1. The molecule has 1 aromatic carbocycles. The third kappa shape index (κ3) is 3.42. The highest BCUT2D eigenvalue weighted by atomic mass is 32.2. The zero-order valence-corrected chi connectivity index (χ0v) is 14.3. The summed E-state index contributed by atoms with van der Waals surface area (Å²) in [7, 11) is 1.65. The van der Waals surface area contributed by atoms with Crippen LogP contribution in [0.4, 0.5) is 0 Å². The maximum atomic E-state index is 12.1. The quantitative estimate of drug-likeness (QED) is 0.838. The molecule has 3 rings (SSSR count). The Bertz CT molecular complexity index is 682. The molecule has 1 saturated carbocycles. The summed E-state index contributed by atoms with van der Waals surface area (Å²) >= 11 is 1.56. The second-order valence-electron chi connectivity index (χ2n) is 5.60. The Morgan fingerprint density at radius 1 is 1.26 bits per heavy atom. The van der Waals surface area contributed by atoms with Gasteiger partial charge in [0.2, 0.25) is 0 Å². The highest BCUT2D eigenvalue weighted by Crippen LogP contribution is 2.32. The van der Waals surface area contributed by atoms with E-state index in [9.17, 15) is 4.79 Å². The van der Waals surface area contributed by atoms with Gasteiger partial charge in [0.25, 0.3) is 0 Å². The number of ketones is 1. The van der Waals surface area contributed by atoms with Crippen LogP contribution in [0.3, 0.4) is 0 Å². The van der Waals surface area contributed by atoms with Crippen molar-refractivity contribution >= 4 is 17.5 Å². The molecule has 2 aromatic rings. The first-order chi connectivity index (χ1) is 11.2. The van der Waals surface area contributed by atoms with E-state index in [4.69, 9.17) is 4.74 Å². The van der Waals surface area contributed by atoms with Crippen molar-refractivity contribution in [2.45, 2.75) is 49.6 Å². The molecule has 0 radical (unpaired) electrons. The van der Waals surface area contributed by atoms with Crippen LogP contribution in [-0.4, -0.2) is 32.9 Å². The van der Waals surface area contributed by atoms with Crippen LogP contribution in [-0.2, 0) is 11.3 Å². The number of rotatable bonds is 5. The predicted octanol–water partition coefficient (Wildman–Crippen LogP) is 3.58. The normalized spacial score (nSPS) is 18.2. The Balaban J connectivity index is 1.85. The number of nitrogens with zero attached hydrogens (tertiary/aromatic N) is 3. The molecular formula is C17H21N3O2S. The molecule has 1 aliphatic rings. The Hall–Kier alpha value is -1.82. The molecule has 1 heterocycles. The summed E-state index contributed by atoms with van der Waals surface area (Å²) in [5.41, 5.74) is 1.00. The Labute approximate surface area is 140 Å². The van der Waals surface area contributed by atoms with Crippen molar-refractivity contribution in [1.82, 2.24) is 14.8 Å². The van der Waals surface area contributed by atoms with Crippen molar-refractivity contribution in [3.63, 3.8) is 0 Å². The molecule has 1 atom stereocenters. The van der Waals surface area contributed by atoms with Crippen molar-refractivity contribution < 1.29 is 9.53 Å². The SMILES string of the molecule is CCn1c(S[C@@H]2CCCCC2=O)nnc1-c1ccc(OC)cc1. The molecule has 23 heavy (non-hydrogen) atoms. The highest BCUT2D eigenvalue weighted by molar-refractivity contribution is 8.00. The van der Waals surface area contributed by atoms with Crippen LogP contribution in [0.1, 0.15) is 32.6 Å². The smallest absolute Gasteiger partial charge is 0.192 e. The molecule has 6 heteroatoms. The standard InChI is InChI=1S/C17H21N3O2S/c1-3-20-16(12-8-10-13(22-2)11-9-12)18-19-17(20)23-15-7-5-4-6-14(15)21/h8-11,15H,3-7H2,1-2H3/t15-/m1/s1. The van der Waals surface area contributed by atoms with Gasteiger partial charge in [0.15, 0.2) is 11.0 Å². The largest absolute Gasteiger partial charge is 0.497 e. The van der Waals surface area contributed by atoms with Crippen molar-refractivity contribution in [3.05, 3.63) is 24.3 Å². The number of carbonyl (C=O) groups excluding carboxylic acids is 1. The first-order valence-corrected chi connectivity index (χ1v) is 8.88. The lowest BCUT2D eigenvalue weighted by Gasteiger charge is -2.19. The minimum Gasteiger partial charge on any atom is -0.497 e. The number of benzene rings is 1. The molecule has 1 aromatic heterocycles. The maximum Gasteiger partial charge on any atom is 0.192 e. The molecule has 1 fully saturated rings. The fraction of sp³-hybridized carbons (Fsp3) is 0.471. The van der Waals surface area contributed by atoms with Crippen LogP contribution >= 0.6 is 11.8 Å². The first-order valence-electron chi connectivity index (χ1n) is 8.00. The molecule has 0 bridgehead atoms. The van der Waals surface area contributed by atoms with E-state index in [0.29, 0.717) is 12.2 Å². The zero-order valence-electron chi connectivity index (χ0n) is 13.5. The van der Waals surface area contributed by atoms with Gasteiger partial charge in [0, 0.05) is 18.5 Å². The van der Waals surface area contributed by atoms with Gasteiger partial charge in [0.1, 0.15) is 11.5 Å². The average Bonchev–Trinajstić information content (AvgIpc) is 2.99. The third-order valence-electron chi connectivity index (χ3n) is 4.13. The van der Waals surface area contributed by atoms with E-state index in [0.717, 1.165) is 48.1 Å². The van der Waals surface area contributed by atoms with Crippen molar-refractivity contribution in [1.29, 1.82) is 0 Å². The Morgan fingerprint density at radius 3 is 2.70 bits per heavy atom. The number of hydrogen-bond donors (Lipinski definition) is 0. The average molecular weight is 331 g/mol. The lowest BCUT2D eigenvalue weighted by molar-refractivity contribution is -0.119. The van der Waals surface area contributed by atoms with Gasteiger partial charge in [-0.1, -0.05) is 18.2 Å². The summed E-state index contributed by atoms with van der Waals surface area (Å²) in [6.45, 7) is 2.85. The monoisotopic (exact) mass is 331 g/mol. The van der Waals surface area contributed by atoms with E-state index in [2.05, 4.69) is 21.7 Å². The molecule has 1 aliphatic carbocycles. The summed E-state index contributed by atoms with van der Waals surface area (Å²) in [6.07, 6.45) is 3.78. The van der Waals surface area contributed by atoms with Crippen molar-refractivity contribution in [2.75, 3.05) is 7.11 Å². The first kappa shape index (κ1) is 16.1. The van der Waals surface area contributed by atoms with Gasteiger partial charge in [-0.25, -0.2) is 0 Å². The van der Waals surface area contributed by atoms with E-state index < -0.39 is 0 Å². The number of thioether (sulfide) groups is 1. The van der Waals surface area contributed by atoms with E-state index in [1.165, 1.54) is 0 Å². The number of aromatic nitrogens is 3. The fourth-order valence-electron chi connectivity index (χ4n) is 2.82. The number of Topliss-reactive ketones (excluding diaryl/α,β-unsaturated/α-hetero) is 1. The van der Waals surface area contributed by atoms with Gasteiger partial charge < -0.3 is 9.30 Å². The lowest BCUT2D eigenvalue weighted by Crippen LogP contribution is -2.21. The van der Waals surface area contributed by atoms with Crippen molar-refractivity contribution in [3.8, 4) is 17.1 Å². The Morgan fingerprint density at radius 2 is 2.04 bits per heavy atom. The van der Waals surface area contributed by atoms with Crippen LogP contribution < -0.4 is 4.74 Å². The molecule has 0 saturated heterocycles. The maximum absolute atomic E-state index is 12.1. The van der Waals surface area contributed by atoms with Crippen LogP contribution in [0, 0.1) is 0 Å². The molecule has 0 spiro atoms. The zero-order chi connectivity index (χ0) is 16.2. The summed E-state index contributed by atoms with van der Waals surface area (Å²) in [4.78, 5) is 12.1. The van der Waals surface area contributed by atoms with E-state index in [1.807, 2.05) is 24.3 Å². The topological polar surface area (TPSA) is 57.0 Å².